The number of aromatic hydroxyl groups is 1. The predicted molar refractivity (Wildman–Crippen MR) is 159 cm³/mol. The van der Waals surface area contributed by atoms with E-state index in [4.69, 9.17) is 4.74 Å². The fourth-order valence-electron chi connectivity index (χ4n) is 4.47. The number of aryl methyl sites for hydroxylation is 1. The van der Waals surface area contributed by atoms with Crippen LogP contribution >= 0.6 is 10.8 Å². The molecular weight excluding hydrogens is 570 g/mol. The standard InChI is InChI=1S/C27H29N5O7S2/c1-16(2)12-14-32-26-18(7-6-13-28-26)24(33)23(27(32)34)25-29-19-11-10-17(15-22(19)41(37,38)31-25)30-40(35,36)21-9-5-4-8-20(21)39-3/h4-11,13,15-16,30,33,37-38H,12,14H2,1-3H3,(H,29,31). The molecule has 2 aromatic heterocycles. The van der Waals surface area contributed by atoms with E-state index in [-0.39, 0.29) is 44.2 Å². The summed E-state index contributed by atoms with van der Waals surface area (Å²) < 4.78 is 61.2. The van der Waals surface area contributed by atoms with Crippen molar-refractivity contribution < 1.29 is 27.4 Å². The Labute approximate surface area is 237 Å². The number of anilines is 2. The van der Waals surface area contributed by atoms with E-state index < -0.39 is 32.1 Å². The molecule has 0 atom stereocenters. The van der Waals surface area contributed by atoms with Crippen molar-refractivity contribution >= 4 is 49.0 Å². The number of nitrogens with one attached hydrogen (secondary N) is 2. The lowest BCUT2D eigenvalue weighted by atomic mass is 10.1. The van der Waals surface area contributed by atoms with Crippen LogP contribution in [0, 0.1) is 5.92 Å². The van der Waals surface area contributed by atoms with Crippen LogP contribution in [0.4, 0.5) is 11.4 Å². The van der Waals surface area contributed by atoms with Crippen LogP contribution in [0.15, 0.2) is 79.8 Å². The van der Waals surface area contributed by atoms with Gasteiger partial charge in [0.2, 0.25) is 0 Å². The Morgan fingerprint density at radius 2 is 1.88 bits per heavy atom. The van der Waals surface area contributed by atoms with E-state index in [0.29, 0.717) is 24.0 Å². The van der Waals surface area contributed by atoms with Crippen LogP contribution in [0.2, 0.25) is 0 Å². The number of pyridine rings is 2. The number of hydrogen-bond acceptors (Lipinski definition) is 10. The molecule has 0 spiro atoms. The van der Waals surface area contributed by atoms with Crippen LogP contribution < -0.4 is 20.3 Å². The highest BCUT2D eigenvalue weighted by Crippen LogP contribution is 2.56. The molecule has 4 aromatic rings. The Bertz CT molecular complexity index is 1850. The zero-order chi connectivity index (χ0) is 29.5. The smallest absolute Gasteiger partial charge is 0.267 e. The van der Waals surface area contributed by atoms with E-state index in [1.54, 1.807) is 24.3 Å². The van der Waals surface area contributed by atoms with Crippen molar-refractivity contribution in [3.8, 4) is 11.5 Å². The van der Waals surface area contributed by atoms with Gasteiger partial charge in [0.1, 0.15) is 32.5 Å². The predicted octanol–water partition coefficient (Wildman–Crippen LogP) is 4.85. The number of sulfonamides is 1. The van der Waals surface area contributed by atoms with Crippen molar-refractivity contribution in [3.63, 3.8) is 0 Å². The molecule has 1 aliphatic rings. The highest BCUT2D eigenvalue weighted by molar-refractivity contribution is 8.23. The number of hydrogen-bond donors (Lipinski definition) is 5. The molecule has 12 nitrogen and oxygen atoms in total. The summed E-state index contributed by atoms with van der Waals surface area (Å²) >= 11 is 0. The van der Waals surface area contributed by atoms with Gasteiger partial charge in [-0.1, -0.05) is 36.8 Å². The number of amidine groups is 1. The van der Waals surface area contributed by atoms with Gasteiger partial charge in [-0.15, -0.1) is 4.40 Å². The minimum absolute atomic E-state index is 0.0470. The highest BCUT2D eigenvalue weighted by atomic mass is 32.3. The maximum absolute atomic E-state index is 13.6. The number of fused-ring (bicyclic) bond motifs is 2. The third-order valence-corrected chi connectivity index (χ3v) is 9.31. The number of methoxy groups -OCH3 is 1. The average Bonchev–Trinajstić information content (AvgIpc) is 2.93. The second-order valence-electron chi connectivity index (χ2n) is 9.79. The molecule has 2 aromatic carbocycles. The molecule has 216 valence electrons. The zero-order valence-electron chi connectivity index (χ0n) is 22.4. The molecule has 14 heteroatoms. The fourth-order valence-corrected chi connectivity index (χ4v) is 6.88. The summed E-state index contributed by atoms with van der Waals surface area (Å²) in [5.41, 5.74) is -0.309. The van der Waals surface area contributed by atoms with E-state index in [1.165, 1.54) is 48.2 Å². The maximum atomic E-state index is 13.6. The lowest BCUT2D eigenvalue weighted by Gasteiger charge is -2.34. The van der Waals surface area contributed by atoms with Gasteiger partial charge in [0.25, 0.3) is 15.6 Å². The molecule has 1 aliphatic heterocycles. The van der Waals surface area contributed by atoms with E-state index in [9.17, 15) is 27.4 Å². The Hall–Kier alpha value is -4.11. The van der Waals surface area contributed by atoms with Gasteiger partial charge >= 0.3 is 0 Å². The Morgan fingerprint density at radius 3 is 2.61 bits per heavy atom. The van der Waals surface area contributed by atoms with Gasteiger partial charge in [0.05, 0.1) is 23.9 Å². The summed E-state index contributed by atoms with van der Waals surface area (Å²) in [7, 11) is -6.67. The largest absolute Gasteiger partial charge is 0.506 e. The van der Waals surface area contributed by atoms with E-state index in [0.717, 1.165) is 0 Å². The molecule has 0 saturated carbocycles. The fraction of sp³-hybridized carbons (Fsp3) is 0.222. The lowest BCUT2D eigenvalue weighted by molar-refractivity contribution is 0.403. The summed E-state index contributed by atoms with van der Waals surface area (Å²) in [4.78, 5) is 17.7. The van der Waals surface area contributed by atoms with Crippen LogP contribution in [0.3, 0.4) is 0 Å². The van der Waals surface area contributed by atoms with Gasteiger partial charge in [-0.3, -0.25) is 23.2 Å². The summed E-state index contributed by atoms with van der Waals surface area (Å²) in [6, 6.07) is 13.4. The molecular formula is C27H29N5O7S2. The second kappa shape index (κ2) is 10.7. The molecule has 5 N–H and O–H groups in total. The Morgan fingerprint density at radius 1 is 1.12 bits per heavy atom. The summed E-state index contributed by atoms with van der Waals surface area (Å²) in [5.74, 6) is -0.199. The highest BCUT2D eigenvalue weighted by Gasteiger charge is 2.31. The monoisotopic (exact) mass is 599 g/mol. The molecule has 5 rings (SSSR count). The molecule has 0 bridgehead atoms. The topological polar surface area (TPSA) is 175 Å². The first-order valence-electron chi connectivity index (χ1n) is 12.6. The van der Waals surface area contributed by atoms with Crippen LogP contribution in [0.1, 0.15) is 25.8 Å². The lowest BCUT2D eigenvalue weighted by Crippen LogP contribution is -2.32. The number of para-hydroxylation sites is 1. The van der Waals surface area contributed by atoms with Gasteiger partial charge < -0.3 is 15.2 Å². The average molecular weight is 600 g/mol. The van der Waals surface area contributed by atoms with E-state index in [2.05, 4.69) is 19.4 Å². The third-order valence-electron chi connectivity index (χ3n) is 6.52. The quantitative estimate of drug-likeness (QED) is 0.189. The van der Waals surface area contributed by atoms with Crippen LogP contribution in [0.25, 0.3) is 11.0 Å². The number of ether oxygens (including phenoxy) is 1. The van der Waals surface area contributed by atoms with Crippen molar-refractivity contribution in [3.05, 3.63) is 76.7 Å². The van der Waals surface area contributed by atoms with Crippen molar-refractivity contribution in [1.29, 1.82) is 0 Å². The third kappa shape index (κ3) is 5.34. The van der Waals surface area contributed by atoms with Gasteiger partial charge in [0.15, 0.2) is 5.84 Å². The van der Waals surface area contributed by atoms with Crippen LogP contribution in [-0.4, -0.2) is 45.1 Å². The number of rotatable bonds is 8. The van der Waals surface area contributed by atoms with Crippen molar-refractivity contribution in [2.75, 3.05) is 17.1 Å². The number of benzene rings is 2. The molecule has 0 aliphatic carbocycles. The Balaban J connectivity index is 1.55. The first-order valence-corrected chi connectivity index (χ1v) is 15.6. The first-order chi connectivity index (χ1) is 19.4. The minimum atomic E-state index is -4.09. The Kier molecular flexibility index (Phi) is 7.42. The summed E-state index contributed by atoms with van der Waals surface area (Å²) in [5, 5.41) is 14.3. The number of nitrogens with zero attached hydrogens (tertiary/aromatic N) is 3. The number of aromatic nitrogens is 2. The zero-order valence-corrected chi connectivity index (χ0v) is 24.0. The summed E-state index contributed by atoms with van der Waals surface area (Å²) in [6.45, 7) is 4.37. The van der Waals surface area contributed by atoms with Gasteiger partial charge in [-0.25, -0.2) is 13.4 Å². The normalized spacial score (nSPS) is 15.1. The molecule has 0 fully saturated rings. The summed E-state index contributed by atoms with van der Waals surface area (Å²) in [6.07, 6.45) is 2.19. The van der Waals surface area contributed by atoms with Crippen LogP contribution in [0.5, 0.6) is 11.5 Å². The molecule has 3 heterocycles. The van der Waals surface area contributed by atoms with Gasteiger partial charge in [-0.05, 0) is 54.8 Å². The molecule has 0 unspecified atom stereocenters. The SMILES string of the molecule is COc1ccccc1S(=O)(=O)Nc1ccc2c(c1)S(O)(O)N=C(c1c(O)c3cccnc3n(CCC(C)C)c1=O)N2. The molecule has 0 saturated heterocycles. The van der Waals surface area contributed by atoms with Crippen LogP contribution in [-0.2, 0) is 16.6 Å². The second-order valence-corrected chi connectivity index (χ2v) is 13.1. The van der Waals surface area contributed by atoms with E-state index in [1.807, 2.05) is 13.8 Å². The minimum Gasteiger partial charge on any atom is -0.506 e. The van der Waals surface area contributed by atoms with Crippen molar-refractivity contribution in [2.24, 2.45) is 10.3 Å². The molecule has 0 radical (unpaired) electrons. The maximum Gasteiger partial charge on any atom is 0.267 e. The van der Waals surface area contributed by atoms with E-state index >= 15 is 0 Å². The first kappa shape index (κ1) is 28.4. The molecule has 0 amide bonds. The molecule has 41 heavy (non-hydrogen) atoms. The van der Waals surface area contributed by atoms with Gasteiger partial charge in [-0.2, -0.15) is 0 Å². The van der Waals surface area contributed by atoms with Crippen molar-refractivity contribution in [2.45, 2.75) is 36.6 Å². The van der Waals surface area contributed by atoms with Gasteiger partial charge in [0, 0.05) is 12.7 Å². The van der Waals surface area contributed by atoms with Crippen molar-refractivity contribution in [1.82, 2.24) is 9.55 Å².